The molecule has 3 aromatic heterocycles. The fourth-order valence-corrected chi connectivity index (χ4v) is 4.35. The fraction of sp³-hybridized carbons (Fsp3) is 0.474. The van der Waals surface area contributed by atoms with Gasteiger partial charge in [-0.25, -0.2) is 9.97 Å². The van der Waals surface area contributed by atoms with Gasteiger partial charge in [0.25, 0.3) is 5.91 Å². The summed E-state index contributed by atoms with van der Waals surface area (Å²) in [6, 6.07) is 1.89. The van der Waals surface area contributed by atoms with Gasteiger partial charge in [-0.3, -0.25) is 9.48 Å². The Kier molecular flexibility index (Phi) is 5.07. The average molecular weight is 385 g/mol. The maximum atomic E-state index is 13.1. The zero-order chi connectivity index (χ0) is 18.8. The van der Waals surface area contributed by atoms with Crippen LogP contribution in [-0.4, -0.2) is 48.2 Å². The van der Waals surface area contributed by atoms with Crippen molar-refractivity contribution in [2.45, 2.75) is 45.7 Å². The Hall–Kier alpha value is -2.48. The maximum absolute atomic E-state index is 13.1. The molecule has 0 bridgehead atoms. The Morgan fingerprint density at radius 1 is 1.37 bits per heavy atom. The highest BCUT2D eigenvalue weighted by atomic mass is 32.1. The van der Waals surface area contributed by atoms with Gasteiger partial charge >= 0.3 is 0 Å². The lowest BCUT2D eigenvalue weighted by atomic mass is 9.96. The van der Waals surface area contributed by atoms with Gasteiger partial charge < -0.3 is 9.47 Å². The molecule has 1 atom stereocenters. The number of hydrogen-bond acceptors (Lipinski definition) is 5. The molecule has 0 radical (unpaired) electrons. The van der Waals surface area contributed by atoms with Crippen molar-refractivity contribution < 1.29 is 4.79 Å². The van der Waals surface area contributed by atoms with Crippen LogP contribution in [0.25, 0.3) is 0 Å². The molecule has 0 spiro atoms. The second-order valence-electron chi connectivity index (χ2n) is 6.97. The number of thiazole rings is 1. The van der Waals surface area contributed by atoms with E-state index in [0.717, 1.165) is 43.1 Å². The van der Waals surface area contributed by atoms with Gasteiger partial charge in [0.05, 0.1) is 23.4 Å². The quantitative estimate of drug-likeness (QED) is 0.678. The molecule has 7 nitrogen and oxygen atoms in total. The van der Waals surface area contributed by atoms with Crippen LogP contribution in [0, 0.1) is 6.92 Å². The van der Waals surface area contributed by atoms with E-state index in [-0.39, 0.29) is 11.8 Å². The summed E-state index contributed by atoms with van der Waals surface area (Å²) >= 11 is 1.60. The van der Waals surface area contributed by atoms with E-state index in [9.17, 15) is 4.79 Å². The first-order chi connectivity index (χ1) is 13.2. The van der Waals surface area contributed by atoms with Crippen LogP contribution in [0.1, 0.15) is 53.4 Å². The molecule has 142 valence electrons. The monoisotopic (exact) mass is 384 g/mol. The van der Waals surface area contributed by atoms with E-state index in [4.69, 9.17) is 0 Å². The van der Waals surface area contributed by atoms with Crippen LogP contribution in [0.3, 0.4) is 0 Å². The smallest absolute Gasteiger partial charge is 0.272 e. The molecule has 0 N–H and O–H groups in total. The number of carbonyl (C=O) groups is 1. The molecular formula is C19H24N6OS. The van der Waals surface area contributed by atoms with Crippen LogP contribution < -0.4 is 0 Å². The maximum Gasteiger partial charge on any atom is 0.272 e. The Morgan fingerprint density at radius 3 is 3.04 bits per heavy atom. The van der Waals surface area contributed by atoms with Crippen LogP contribution in [0.4, 0.5) is 0 Å². The van der Waals surface area contributed by atoms with Crippen molar-refractivity contribution in [2.24, 2.45) is 0 Å². The standard InChI is InChI=1S/C19H24N6OS/c1-3-25-17(9-14(2)22-25)19(26)24-7-4-5-15(10-24)18-20-6-8-23(18)11-16-12-27-13-21-16/h6,8-9,12-13,15H,3-5,7,10-11H2,1-2H3/t15-/m0/s1. The molecular weight excluding hydrogens is 360 g/mol. The van der Waals surface area contributed by atoms with Gasteiger partial charge in [0.2, 0.25) is 0 Å². The van der Waals surface area contributed by atoms with Gasteiger partial charge in [0.15, 0.2) is 0 Å². The highest BCUT2D eigenvalue weighted by molar-refractivity contribution is 7.07. The summed E-state index contributed by atoms with van der Waals surface area (Å²) in [5.74, 6) is 1.36. The third-order valence-electron chi connectivity index (χ3n) is 5.06. The number of hydrogen-bond donors (Lipinski definition) is 0. The van der Waals surface area contributed by atoms with Crippen molar-refractivity contribution in [1.82, 2.24) is 29.2 Å². The van der Waals surface area contributed by atoms with Crippen LogP contribution in [0.5, 0.6) is 0 Å². The lowest BCUT2D eigenvalue weighted by molar-refractivity contribution is 0.0691. The summed E-state index contributed by atoms with van der Waals surface area (Å²) in [6.45, 7) is 6.85. The zero-order valence-electron chi connectivity index (χ0n) is 15.7. The first-order valence-electron chi connectivity index (χ1n) is 9.37. The van der Waals surface area contributed by atoms with E-state index < -0.39 is 0 Å². The molecule has 1 saturated heterocycles. The summed E-state index contributed by atoms with van der Waals surface area (Å²) in [6.07, 6.45) is 5.88. The van der Waals surface area contributed by atoms with Crippen LogP contribution in [-0.2, 0) is 13.1 Å². The van der Waals surface area contributed by atoms with Gasteiger partial charge in [0.1, 0.15) is 11.5 Å². The van der Waals surface area contributed by atoms with Gasteiger partial charge in [-0.05, 0) is 32.8 Å². The molecule has 1 aliphatic rings. The highest BCUT2D eigenvalue weighted by Crippen LogP contribution is 2.27. The van der Waals surface area contributed by atoms with Gasteiger partial charge in [-0.15, -0.1) is 11.3 Å². The molecule has 4 heterocycles. The zero-order valence-corrected chi connectivity index (χ0v) is 16.5. The summed E-state index contributed by atoms with van der Waals surface area (Å²) in [7, 11) is 0. The number of amides is 1. The molecule has 1 aliphatic heterocycles. The predicted octanol–water partition coefficient (Wildman–Crippen LogP) is 2.93. The number of piperidine rings is 1. The number of carbonyl (C=O) groups excluding carboxylic acids is 1. The third kappa shape index (κ3) is 3.66. The van der Waals surface area contributed by atoms with Crippen molar-refractivity contribution in [3.8, 4) is 0 Å². The molecule has 0 aromatic carbocycles. The largest absolute Gasteiger partial charge is 0.337 e. The van der Waals surface area contributed by atoms with Gasteiger partial charge in [0, 0.05) is 43.3 Å². The molecule has 1 fully saturated rings. The molecule has 8 heteroatoms. The summed E-state index contributed by atoms with van der Waals surface area (Å²) < 4.78 is 3.96. The summed E-state index contributed by atoms with van der Waals surface area (Å²) in [4.78, 5) is 24.0. The van der Waals surface area contributed by atoms with E-state index >= 15 is 0 Å². The highest BCUT2D eigenvalue weighted by Gasteiger charge is 2.29. The molecule has 0 aliphatic carbocycles. The number of aryl methyl sites for hydroxylation is 2. The molecule has 0 saturated carbocycles. The predicted molar refractivity (Wildman–Crippen MR) is 104 cm³/mol. The second kappa shape index (κ2) is 7.64. The Labute approximate surface area is 162 Å². The molecule has 3 aromatic rings. The molecule has 4 rings (SSSR count). The first-order valence-corrected chi connectivity index (χ1v) is 10.3. The SMILES string of the molecule is CCn1nc(C)cc1C(=O)N1CCC[C@H](c2nccn2Cc2cscn2)C1. The lowest BCUT2D eigenvalue weighted by Gasteiger charge is -2.32. The van der Waals surface area contributed by atoms with Crippen molar-refractivity contribution >= 4 is 17.2 Å². The summed E-state index contributed by atoms with van der Waals surface area (Å²) in [5.41, 5.74) is 4.46. The third-order valence-corrected chi connectivity index (χ3v) is 5.69. The van der Waals surface area contributed by atoms with Crippen molar-refractivity contribution in [1.29, 1.82) is 0 Å². The Morgan fingerprint density at radius 2 is 2.26 bits per heavy atom. The van der Waals surface area contributed by atoms with E-state index in [1.807, 2.05) is 42.7 Å². The molecule has 27 heavy (non-hydrogen) atoms. The average Bonchev–Trinajstić information content (AvgIpc) is 3.42. The number of nitrogens with zero attached hydrogens (tertiary/aromatic N) is 6. The topological polar surface area (TPSA) is 68.8 Å². The molecule has 1 amide bonds. The number of likely N-dealkylation sites (tertiary alicyclic amines) is 1. The van der Waals surface area contributed by atoms with E-state index in [1.54, 1.807) is 16.0 Å². The molecule has 0 unspecified atom stereocenters. The minimum atomic E-state index is 0.0692. The minimum absolute atomic E-state index is 0.0692. The van der Waals surface area contributed by atoms with E-state index in [1.165, 1.54) is 0 Å². The van der Waals surface area contributed by atoms with Crippen molar-refractivity contribution in [3.05, 3.63) is 52.3 Å². The van der Waals surface area contributed by atoms with Gasteiger partial charge in [-0.2, -0.15) is 5.10 Å². The van der Waals surface area contributed by atoms with Crippen molar-refractivity contribution in [3.63, 3.8) is 0 Å². The number of rotatable bonds is 5. The van der Waals surface area contributed by atoms with Gasteiger partial charge in [-0.1, -0.05) is 0 Å². The van der Waals surface area contributed by atoms with E-state index in [2.05, 4.69) is 25.0 Å². The Balaban J connectivity index is 1.52. The van der Waals surface area contributed by atoms with Crippen LogP contribution in [0.2, 0.25) is 0 Å². The minimum Gasteiger partial charge on any atom is -0.337 e. The van der Waals surface area contributed by atoms with E-state index in [0.29, 0.717) is 18.8 Å². The lowest BCUT2D eigenvalue weighted by Crippen LogP contribution is -2.40. The van der Waals surface area contributed by atoms with Crippen LogP contribution in [0.15, 0.2) is 29.4 Å². The van der Waals surface area contributed by atoms with Crippen molar-refractivity contribution in [2.75, 3.05) is 13.1 Å². The number of aromatic nitrogens is 5. The number of imidazole rings is 1. The second-order valence-corrected chi connectivity index (χ2v) is 7.69. The fourth-order valence-electron chi connectivity index (χ4n) is 3.80. The Bertz CT molecular complexity index is 913. The van der Waals surface area contributed by atoms with Crippen LogP contribution >= 0.6 is 11.3 Å². The normalized spacial score (nSPS) is 17.4. The summed E-state index contributed by atoms with van der Waals surface area (Å²) in [5, 5.41) is 6.48. The first kappa shape index (κ1) is 17.9.